The summed E-state index contributed by atoms with van der Waals surface area (Å²) in [4.78, 5) is 28.4. The molecule has 1 amide bonds. The number of aromatic nitrogens is 2. The molecule has 25 heavy (non-hydrogen) atoms. The third-order valence-corrected chi connectivity index (χ3v) is 4.84. The number of thiazole rings is 1. The van der Waals surface area contributed by atoms with Crippen molar-refractivity contribution in [3.63, 3.8) is 0 Å². The van der Waals surface area contributed by atoms with Crippen molar-refractivity contribution < 1.29 is 4.79 Å². The third-order valence-electron chi connectivity index (χ3n) is 3.90. The second-order valence-electron chi connectivity index (χ2n) is 6.05. The molecule has 3 rings (SSSR count). The van der Waals surface area contributed by atoms with Gasteiger partial charge >= 0.3 is 0 Å². The Balaban J connectivity index is 1.71. The Bertz CT molecular complexity index is 971. The topological polar surface area (TPSA) is 64.0 Å². The highest BCUT2D eigenvalue weighted by molar-refractivity contribution is 7.13. The van der Waals surface area contributed by atoms with Crippen molar-refractivity contribution in [1.29, 1.82) is 0 Å². The van der Waals surface area contributed by atoms with Crippen molar-refractivity contribution in [1.82, 2.24) is 9.55 Å². The number of amides is 1. The number of pyridine rings is 1. The second kappa shape index (κ2) is 7.03. The van der Waals surface area contributed by atoms with E-state index in [4.69, 9.17) is 0 Å². The van der Waals surface area contributed by atoms with Crippen molar-refractivity contribution in [3.05, 3.63) is 69.1 Å². The number of aryl methyl sites for hydroxylation is 3. The maximum Gasteiger partial charge on any atom is 0.250 e. The molecule has 0 aliphatic rings. The number of nitrogens with zero attached hydrogens (tertiary/aromatic N) is 2. The maximum atomic E-state index is 12.3. The lowest BCUT2D eigenvalue weighted by molar-refractivity contribution is -0.115. The first-order valence-corrected chi connectivity index (χ1v) is 8.79. The highest BCUT2D eigenvalue weighted by Crippen LogP contribution is 2.24. The second-order valence-corrected chi connectivity index (χ2v) is 6.91. The van der Waals surface area contributed by atoms with Crippen LogP contribution in [0.25, 0.3) is 10.6 Å². The largest absolute Gasteiger partial charge is 0.324 e. The molecule has 128 valence electrons. The van der Waals surface area contributed by atoms with Crippen LogP contribution in [0.5, 0.6) is 0 Å². The van der Waals surface area contributed by atoms with Gasteiger partial charge in [-0.05, 0) is 19.4 Å². The summed E-state index contributed by atoms with van der Waals surface area (Å²) >= 11 is 1.53. The average molecular weight is 353 g/mol. The van der Waals surface area contributed by atoms with E-state index >= 15 is 0 Å². The van der Waals surface area contributed by atoms with Gasteiger partial charge in [0.05, 0.1) is 17.8 Å². The molecule has 1 N–H and O–H groups in total. The van der Waals surface area contributed by atoms with Gasteiger partial charge in [-0.1, -0.05) is 29.8 Å². The van der Waals surface area contributed by atoms with Gasteiger partial charge in [-0.2, -0.15) is 0 Å². The van der Waals surface area contributed by atoms with E-state index in [9.17, 15) is 9.59 Å². The SMILES string of the molecule is Cc1ccc(-c2nc(CC(=O)Nc3cn(C)c(=O)cc3C)cs2)cc1. The molecule has 6 heteroatoms. The molecule has 0 unspecified atom stereocenters. The summed E-state index contributed by atoms with van der Waals surface area (Å²) < 4.78 is 1.45. The molecular formula is C19H19N3O2S. The van der Waals surface area contributed by atoms with E-state index in [1.54, 1.807) is 20.2 Å². The average Bonchev–Trinajstić information content (AvgIpc) is 3.01. The molecule has 2 aromatic heterocycles. The number of benzene rings is 1. The smallest absolute Gasteiger partial charge is 0.250 e. The number of carbonyl (C=O) groups is 1. The van der Waals surface area contributed by atoms with Gasteiger partial charge in [0, 0.05) is 30.3 Å². The number of rotatable bonds is 4. The van der Waals surface area contributed by atoms with Gasteiger partial charge in [0.2, 0.25) is 5.91 Å². The van der Waals surface area contributed by atoms with Crippen molar-refractivity contribution in [2.24, 2.45) is 7.05 Å². The van der Waals surface area contributed by atoms with Crippen LogP contribution in [0.3, 0.4) is 0 Å². The Morgan fingerprint density at radius 1 is 1.24 bits per heavy atom. The lowest BCUT2D eigenvalue weighted by atomic mass is 10.2. The first kappa shape index (κ1) is 17.1. The number of carbonyl (C=O) groups excluding carboxylic acids is 1. The molecule has 0 radical (unpaired) electrons. The van der Waals surface area contributed by atoms with Gasteiger partial charge in [-0.25, -0.2) is 4.98 Å². The number of nitrogens with one attached hydrogen (secondary N) is 1. The van der Waals surface area contributed by atoms with Crippen molar-refractivity contribution in [2.45, 2.75) is 20.3 Å². The quantitative estimate of drug-likeness (QED) is 0.783. The Labute approximate surface area is 150 Å². The summed E-state index contributed by atoms with van der Waals surface area (Å²) in [7, 11) is 1.66. The van der Waals surface area contributed by atoms with Gasteiger partial charge in [-0.3, -0.25) is 9.59 Å². The van der Waals surface area contributed by atoms with Crippen molar-refractivity contribution in [2.75, 3.05) is 5.32 Å². The van der Waals surface area contributed by atoms with Crippen LogP contribution in [0.2, 0.25) is 0 Å². The Kier molecular flexibility index (Phi) is 4.81. The molecule has 5 nitrogen and oxygen atoms in total. The first-order valence-electron chi connectivity index (χ1n) is 7.91. The molecule has 0 fully saturated rings. The zero-order valence-corrected chi connectivity index (χ0v) is 15.2. The van der Waals surface area contributed by atoms with E-state index in [-0.39, 0.29) is 17.9 Å². The molecule has 0 atom stereocenters. The minimum absolute atomic E-state index is 0.0993. The minimum Gasteiger partial charge on any atom is -0.324 e. The van der Waals surface area contributed by atoms with Gasteiger partial charge in [0.15, 0.2) is 0 Å². The summed E-state index contributed by atoms with van der Waals surface area (Å²) in [5.74, 6) is -0.150. The van der Waals surface area contributed by atoms with E-state index < -0.39 is 0 Å². The van der Waals surface area contributed by atoms with Crippen LogP contribution in [0.4, 0.5) is 5.69 Å². The van der Waals surface area contributed by atoms with Gasteiger partial charge < -0.3 is 9.88 Å². The summed E-state index contributed by atoms with van der Waals surface area (Å²) in [5.41, 5.74) is 4.28. The Hall–Kier alpha value is -2.73. The van der Waals surface area contributed by atoms with Crippen LogP contribution in [0.15, 0.2) is 46.7 Å². The van der Waals surface area contributed by atoms with Crippen LogP contribution in [-0.2, 0) is 18.3 Å². The van der Waals surface area contributed by atoms with Crippen molar-refractivity contribution in [3.8, 4) is 10.6 Å². The van der Waals surface area contributed by atoms with Gasteiger partial charge in [-0.15, -0.1) is 11.3 Å². The fourth-order valence-corrected chi connectivity index (χ4v) is 3.26. The summed E-state index contributed by atoms with van der Waals surface area (Å²) in [6.45, 7) is 3.85. The highest BCUT2D eigenvalue weighted by Gasteiger charge is 2.11. The Morgan fingerprint density at radius 2 is 1.96 bits per heavy atom. The first-order chi connectivity index (χ1) is 11.9. The fourth-order valence-electron chi connectivity index (χ4n) is 2.43. The van der Waals surface area contributed by atoms with Gasteiger partial charge in [0.25, 0.3) is 5.56 Å². The van der Waals surface area contributed by atoms with Crippen LogP contribution >= 0.6 is 11.3 Å². The zero-order chi connectivity index (χ0) is 18.0. The highest BCUT2D eigenvalue weighted by atomic mass is 32.1. The van der Waals surface area contributed by atoms with E-state index in [0.717, 1.165) is 21.8 Å². The standard InChI is InChI=1S/C19H19N3O2S/c1-12-4-6-14(7-5-12)19-20-15(11-25-19)9-17(23)21-16-10-22(3)18(24)8-13(16)2/h4-8,10-11H,9H2,1-3H3,(H,21,23). The third kappa shape index (κ3) is 4.03. The fraction of sp³-hybridized carbons (Fsp3) is 0.211. The minimum atomic E-state index is -0.150. The summed E-state index contributed by atoms with van der Waals surface area (Å²) in [6.07, 6.45) is 1.83. The molecule has 0 saturated carbocycles. The van der Waals surface area contributed by atoms with Crippen LogP contribution < -0.4 is 10.9 Å². The predicted octanol–water partition coefficient (Wildman–Crippen LogP) is 3.31. The van der Waals surface area contributed by atoms with Crippen LogP contribution in [0, 0.1) is 13.8 Å². The number of hydrogen-bond donors (Lipinski definition) is 1. The number of hydrogen-bond acceptors (Lipinski definition) is 4. The molecule has 0 saturated heterocycles. The van der Waals surface area contributed by atoms with Crippen LogP contribution in [-0.4, -0.2) is 15.5 Å². The predicted molar refractivity (Wildman–Crippen MR) is 101 cm³/mol. The summed E-state index contributed by atoms with van der Waals surface area (Å²) in [5, 5.41) is 5.66. The lowest BCUT2D eigenvalue weighted by Crippen LogP contribution is -2.20. The maximum absolute atomic E-state index is 12.3. The molecule has 3 aromatic rings. The normalized spacial score (nSPS) is 10.7. The Morgan fingerprint density at radius 3 is 2.68 bits per heavy atom. The lowest BCUT2D eigenvalue weighted by Gasteiger charge is -2.09. The molecule has 1 aromatic carbocycles. The molecular weight excluding hydrogens is 334 g/mol. The van der Waals surface area contributed by atoms with E-state index in [1.165, 1.54) is 27.5 Å². The number of anilines is 1. The van der Waals surface area contributed by atoms with Crippen molar-refractivity contribution >= 4 is 22.9 Å². The molecule has 0 bridgehead atoms. The van der Waals surface area contributed by atoms with E-state index in [1.807, 2.05) is 36.6 Å². The molecule has 0 spiro atoms. The zero-order valence-electron chi connectivity index (χ0n) is 14.4. The monoisotopic (exact) mass is 353 g/mol. The van der Waals surface area contributed by atoms with Crippen LogP contribution in [0.1, 0.15) is 16.8 Å². The summed E-state index contributed by atoms with van der Waals surface area (Å²) in [6, 6.07) is 9.67. The molecule has 0 aliphatic carbocycles. The van der Waals surface area contributed by atoms with Gasteiger partial charge in [0.1, 0.15) is 5.01 Å². The molecule has 2 heterocycles. The van der Waals surface area contributed by atoms with E-state index in [0.29, 0.717) is 5.69 Å². The van der Waals surface area contributed by atoms with E-state index in [2.05, 4.69) is 10.3 Å². The molecule has 0 aliphatic heterocycles.